The monoisotopic (exact) mass is 313 g/mol. The van der Waals surface area contributed by atoms with Crippen molar-refractivity contribution in [3.63, 3.8) is 0 Å². The topological polar surface area (TPSA) is 91.8 Å². The number of aromatic nitrogens is 4. The maximum absolute atomic E-state index is 12.8. The van der Waals surface area contributed by atoms with E-state index in [1.165, 1.54) is 35.6 Å². The molecule has 0 radical (unpaired) electrons. The Labute approximate surface area is 122 Å². The van der Waals surface area contributed by atoms with E-state index < -0.39 is 15.8 Å². The summed E-state index contributed by atoms with van der Waals surface area (Å²) >= 11 is 0. The van der Waals surface area contributed by atoms with Gasteiger partial charge in [-0.1, -0.05) is 24.3 Å². The van der Waals surface area contributed by atoms with E-state index in [1.54, 1.807) is 0 Å². The third-order valence-corrected chi connectivity index (χ3v) is 4.87. The smallest absolute Gasteiger partial charge is 0.212 e. The standard InChI is InChI=1S/C12H16FN5O2S/c1-9(12-14-16-17-15-12)7-18(2)21(19,20)8-10-3-5-11(13)6-4-10/h3-6,9H,7-8H2,1-2H3,(H,14,15,16,17). The van der Waals surface area contributed by atoms with Crippen LogP contribution in [0.4, 0.5) is 4.39 Å². The second-order valence-corrected chi connectivity index (χ2v) is 6.91. The molecule has 0 aliphatic rings. The summed E-state index contributed by atoms with van der Waals surface area (Å²) in [5.41, 5.74) is 0.537. The number of rotatable bonds is 6. The molecule has 7 nitrogen and oxygen atoms in total. The number of likely N-dealkylation sites (N-methyl/N-ethyl adjacent to an activating group) is 1. The molecular formula is C12H16FN5O2S. The van der Waals surface area contributed by atoms with Gasteiger partial charge in [0.1, 0.15) is 5.82 Å². The van der Waals surface area contributed by atoms with Crippen molar-refractivity contribution in [3.05, 3.63) is 41.5 Å². The number of nitrogens with zero attached hydrogens (tertiary/aromatic N) is 4. The first kappa shape index (κ1) is 15.5. The van der Waals surface area contributed by atoms with Crippen LogP contribution in [0.3, 0.4) is 0 Å². The summed E-state index contributed by atoms with van der Waals surface area (Å²) in [6.45, 7) is 2.05. The zero-order valence-electron chi connectivity index (χ0n) is 11.7. The van der Waals surface area contributed by atoms with Gasteiger partial charge in [0.2, 0.25) is 10.0 Å². The van der Waals surface area contributed by atoms with E-state index in [-0.39, 0.29) is 18.2 Å². The Morgan fingerprint density at radius 2 is 2.00 bits per heavy atom. The van der Waals surface area contributed by atoms with Crippen molar-refractivity contribution in [3.8, 4) is 0 Å². The first-order valence-corrected chi connectivity index (χ1v) is 7.91. The summed E-state index contributed by atoms with van der Waals surface area (Å²) < 4.78 is 38.6. The van der Waals surface area contributed by atoms with E-state index in [9.17, 15) is 12.8 Å². The van der Waals surface area contributed by atoms with Gasteiger partial charge in [0.25, 0.3) is 0 Å². The number of sulfonamides is 1. The summed E-state index contributed by atoms with van der Waals surface area (Å²) in [5.74, 6) is -0.297. The van der Waals surface area contributed by atoms with Gasteiger partial charge in [0, 0.05) is 19.5 Å². The van der Waals surface area contributed by atoms with Gasteiger partial charge in [0.05, 0.1) is 5.75 Å². The third-order valence-electron chi connectivity index (χ3n) is 3.07. The van der Waals surface area contributed by atoms with Crippen LogP contribution in [0.15, 0.2) is 24.3 Å². The molecule has 0 aliphatic carbocycles. The van der Waals surface area contributed by atoms with Crippen LogP contribution in [0.1, 0.15) is 24.2 Å². The van der Waals surface area contributed by atoms with Crippen LogP contribution in [0.25, 0.3) is 0 Å². The molecule has 0 saturated carbocycles. The Balaban J connectivity index is 2.03. The van der Waals surface area contributed by atoms with E-state index in [4.69, 9.17) is 0 Å². The SMILES string of the molecule is CC(CN(C)S(=O)(=O)Cc1ccc(F)cc1)c1nn[nH]n1. The summed E-state index contributed by atoms with van der Waals surface area (Å²) in [6.07, 6.45) is 0. The van der Waals surface area contributed by atoms with E-state index in [0.29, 0.717) is 11.4 Å². The fourth-order valence-corrected chi connectivity index (χ4v) is 3.15. The van der Waals surface area contributed by atoms with Crippen LogP contribution in [-0.2, 0) is 15.8 Å². The van der Waals surface area contributed by atoms with Crippen molar-refractivity contribution < 1.29 is 12.8 Å². The van der Waals surface area contributed by atoms with Crippen LogP contribution in [0.5, 0.6) is 0 Å². The van der Waals surface area contributed by atoms with Crippen molar-refractivity contribution in [1.29, 1.82) is 0 Å². The van der Waals surface area contributed by atoms with Gasteiger partial charge in [-0.15, -0.1) is 10.2 Å². The zero-order chi connectivity index (χ0) is 15.5. The molecule has 1 heterocycles. The summed E-state index contributed by atoms with van der Waals surface area (Å²) in [6, 6.07) is 5.41. The number of aromatic amines is 1. The van der Waals surface area contributed by atoms with Gasteiger partial charge in [-0.05, 0) is 17.7 Å². The number of halogens is 1. The van der Waals surface area contributed by atoms with Crippen molar-refractivity contribution in [2.75, 3.05) is 13.6 Å². The van der Waals surface area contributed by atoms with E-state index in [2.05, 4.69) is 20.6 Å². The number of hydrogen-bond acceptors (Lipinski definition) is 5. The molecule has 0 spiro atoms. The van der Waals surface area contributed by atoms with Gasteiger partial charge in [-0.25, -0.2) is 17.1 Å². The highest BCUT2D eigenvalue weighted by molar-refractivity contribution is 7.88. The number of tetrazole rings is 1. The Morgan fingerprint density at radius 3 is 2.57 bits per heavy atom. The average Bonchev–Trinajstić information content (AvgIpc) is 2.95. The lowest BCUT2D eigenvalue weighted by Crippen LogP contribution is -2.31. The summed E-state index contributed by atoms with van der Waals surface area (Å²) in [7, 11) is -1.99. The van der Waals surface area contributed by atoms with Crippen molar-refractivity contribution in [2.45, 2.75) is 18.6 Å². The molecule has 2 rings (SSSR count). The summed E-state index contributed by atoms with van der Waals surface area (Å²) in [5, 5.41) is 13.5. The minimum absolute atomic E-state index is 0.178. The average molecular weight is 313 g/mol. The first-order valence-electron chi connectivity index (χ1n) is 6.30. The van der Waals surface area contributed by atoms with Crippen molar-refractivity contribution in [2.24, 2.45) is 0 Å². The van der Waals surface area contributed by atoms with Crippen LogP contribution in [0, 0.1) is 5.82 Å². The predicted octanol–water partition coefficient (Wildman–Crippen LogP) is 0.904. The number of nitrogens with one attached hydrogen (secondary N) is 1. The molecule has 1 unspecified atom stereocenters. The number of H-pyrrole nitrogens is 1. The quantitative estimate of drug-likeness (QED) is 0.855. The lowest BCUT2D eigenvalue weighted by molar-refractivity contribution is 0.439. The molecule has 0 aliphatic heterocycles. The molecule has 0 fully saturated rings. The van der Waals surface area contributed by atoms with Gasteiger partial charge in [0.15, 0.2) is 5.82 Å². The molecule has 21 heavy (non-hydrogen) atoms. The molecule has 1 aromatic carbocycles. The predicted molar refractivity (Wildman–Crippen MR) is 74.2 cm³/mol. The largest absolute Gasteiger partial charge is 0.218 e. The van der Waals surface area contributed by atoms with Crippen LogP contribution in [-0.4, -0.2) is 46.9 Å². The normalized spacial score (nSPS) is 13.5. The van der Waals surface area contributed by atoms with Crippen LogP contribution in [0.2, 0.25) is 0 Å². The van der Waals surface area contributed by atoms with E-state index in [0.717, 1.165) is 0 Å². The van der Waals surface area contributed by atoms with Gasteiger partial charge in [-0.3, -0.25) is 0 Å². The number of hydrogen-bond donors (Lipinski definition) is 1. The van der Waals surface area contributed by atoms with Gasteiger partial charge < -0.3 is 0 Å². The maximum Gasteiger partial charge on any atom is 0.218 e. The molecule has 0 saturated heterocycles. The molecule has 2 aromatic rings. The second kappa shape index (κ2) is 6.27. The van der Waals surface area contributed by atoms with E-state index >= 15 is 0 Å². The Kier molecular flexibility index (Phi) is 4.63. The Bertz CT molecular complexity index is 672. The molecule has 9 heteroatoms. The van der Waals surface area contributed by atoms with Crippen molar-refractivity contribution >= 4 is 10.0 Å². The Hall–Kier alpha value is -1.87. The lowest BCUT2D eigenvalue weighted by atomic mass is 10.2. The number of benzene rings is 1. The fourth-order valence-electron chi connectivity index (χ4n) is 1.86. The molecule has 1 aromatic heterocycles. The van der Waals surface area contributed by atoms with Crippen molar-refractivity contribution in [1.82, 2.24) is 24.9 Å². The van der Waals surface area contributed by atoms with Crippen LogP contribution >= 0.6 is 0 Å². The third kappa shape index (κ3) is 4.05. The first-order chi connectivity index (χ1) is 9.88. The minimum Gasteiger partial charge on any atom is -0.212 e. The summed E-state index contributed by atoms with van der Waals surface area (Å²) in [4.78, 5) is 0. The lowest BCUT2D eigenvalue weighted by Gasteiger charge is -2.19. The molecule has 0 amide bonds. The molecule has 114 valence electrons. The van der Waals surface area contributed by atoms with Crippen LogP contribution < -0.4 is 0 Å². The molecular weight excluding hydrogens is 297 g/mol. The highest BCUT2D eigenvalue weighted by atomic mass is 32.2. The Morgan fingerprint density at radius 1 is 1.33 bits per heavy atom. The molecule has 1 atom stereocenters. The minimum atomic E-state index is -3.49. The second-order valence-electron chi connectivity index (χ2n) is 4.83. The van der Waals surface area contributed by atoms with E-state index in [1.807, 2.05) is 6.92 Å². The van der Waals surface area contributed by atoms with Gasteiger partial charge >= 0.3 is 0 Å². The zero-order valence-corrected chi connectivity index (χ0v) is 12.5. The van der Waals surface area contributed by atoms with Gasteiger partial charge in [-0.2, -0.15) is 5.21 Å². The highest BCUT2D eigenvalue weighted by Gasteiger charge is 2.22. The fraction of sp³-hybridized carbons (Fsp3) is 0.417. The maximum atomic E-state index is 12.8. The highest BCUT2D eigenvalue weighted by Crippen LogP contribution is 2.15. The molecule has 0 bridgehead atoms. The molecule has 1 N–H and O–H groups in total.